The van der Waals surface area contributed by atoms with Crippen LogP contribution in [0.3, 0.4) is 0 Å². The van der Waals surface area contributed by atoms with Crippen LogP contribution >= 0.6 is 0 Å². The SMILES string of the molecule is C[C-]1CCCC1.C[C-]1CCCC1B(O)O.[Fe+2]. The van der Waals surface area contributed by atoms with E-state index < -0.39 is 7.12 Å². The second-order valence-corrected chi connectivity index (χ2v) is 4.92. The normalized spacial score (nSPS) is 25.9. The van der Waals surface area contributed by atoms with E-state index in [2.05, 4.69) is 6.92 Å². The molecule has 2 N–H and O–H groups in total. The molecule has 0 amide bonds. The second kappa shape index (κ2) is 8.57. The summed E-state index contributed by atoms with van der Waals surface area (Å²) in [5.74, 6) is 3.00. The molecule has 1 unspecified atom stereocenters. The van der Waals surface area contributed by atoms with Gasteiger partial charge in [0.1, 0.15) is 0 Å². The largest absolute Gasteiger partial charge is 2.00 e. The molecule has 4 heteroatoms. The van der Waals surface area contributed by atoms with E-state index in [9.17, 15) is 0 Å². The maximum absolute atomic E-state index is 8.76. The van der Waals surface area contributed by atoms with Gasteiger partial charge in [-0.25, -0.2) is 0 Å². The molecule has 16 heavy (non-hydrogen) atoms. The van der Waals surface area contributed by atoms with Crippen molar-refractivity contribution in [2.24, 2.45) is 0 Å². The van der Waals surface area contributed by atoms with E-state index in [0.717, 1.165) is 19.3 Å². The molecular formula is C12H23BFeO2. The minimum Gasteiger partial charge on any atom is -0.429 e. The average Bonchev–Trinajstić information content (AvgIpc) is 2.77. The van der Waals surface area contributed by atoms with Crippen molar-refractivity contribution in [2.45, 2.75) is 64.6 Å². The van der Waals surface area contributed by atoms with Crippen LogP contribution in [0.1, 0.15) is 58.8 Å². The third kappa shape index (κ3) is 5.72. The second-order valence-electron chi connectivity index (χ2n) is 4.92. The van der Waals surface area contributed by atoms with Gasteiger partial charge in [0, 0.05) is 0 Å². The molecule has 0 heterocycles. The first-order chi connectivity index (χ1) is 7.11. The molecule has 0 aromatic rings. The van der Waals surface area contributed by atoms with Crippen LogP contribution in [-0.2, 0) is 17.1 Å². The van der Waals surface area contributed by atoms with E-state index in [4.69, 9.17) is 10.0 Å². The molecule has 0 spiro atoms. The van der Waals surface area contributed by atoms with E-state index in [-0.39, 0.29) is 22.9 Å². The van der Waals surface area contributed by atoms with Crippen LogP contribution in [0.4, 0.5) is 0 Å². The summed E-state index contributed by atoms with van der Waals surface area (Å²) < 4.78 is 0. The van der Waals surface area contributed by atoms with Gasteiger partial charge in [0.2, 0.25) is 0 Å². The summed E-state index contributed by atoms with van der Waals surface area (Å²) >= 11 is 0. The molecule has 2 aliphatic carbocycles. The number of rotatable bonds is 1. The molecule has 0 aromatic heterocycles. The molecule has 2 nitrogen and oxygen atoms in total. The van der Waals surface area contributed by atoms with Gasteiger partial charge in [-0.3, -0.25) is 0 Å². The Hall–Kier alpha value is 0.504. The summed E-state index contributed by atoms with van der Waals surface area (Å²) in [6.07, 6.45) is 8.84. The average molecular weight is 266 g/mol. The molecule has 0 saturated heterocycles. The van der Waals surface area contributed by atoms with Gasteiger partial charge < -0.3 is 21.9 Å². The van der Waals surface area contributed by atoms with Crippen molar-refractivity contribution < 1.29 is 27.1 Å². The Morgan fingerprint density at radius 1 is 1.00 bits per heavy atom. The smallest absolute Gasteiger partial charge is 0.429 e. The van der Waals surface area contributed by atoms with Gasteiger partial charge in [0.25, 0.3) is 0 Å². The van der Waals surface area contributed by atoms with Gasteiger partial charge >= 0.3 is 24.2 Å². The van der Waals surface area contributed by atoms with E-state index in [1.54, 1.807) is 5.92 Å². The zero-order chi connectivity index (χ0) is 11.3. The van der Waals surface area contributed by atoms with Crippen molar-refractivity contribution in [3.8, 4) is 0 Å². The topological polar surface area (TPSA) is 40.5 Å². The van der Waals surface area contributed by atoms with Crippen molar-refractivity contribution in [3.63, 3.8) is 0 Å². The molecule has 1 atom stereocenters. The summed E-state index contributed by atoms with van der Waals surface area (Å²) in [4.78, 5) is 0. The van der Waals surface area contributed by atoms with Crippen molar-refractivity contribution in [2.75, 3.05) is 0 Å². The minimum absolute atomic E-state index is 0. The summed E-state index contributed by atoms with van der Waals surface area (Å²) in [7, 11) is -1.12. The first kappa shape index (κ1) is 16.5. The van der Waals surface area contributed by atoms with Gasteiger partial charge in [0.05, 0.1) is 0 Å². The summed E-state index contributed by atoms with van der Waals surface area (Å²) in [6.45, 7) is 4.25. The van der Waals surface area contributed by atoms with Gasteiger partial charge in [-0.2, -0.15) is 33.1 Å². The fraction of sp³-hybridized carbons (Fsp3) is 0.833. The van der Waals surface area contributed by atoms with E-state index in [1.165, 1.54) is 31.6 Å². The van der Waals surface area contributed by atoms with Crippen LogP contribution < -0.4 is 0 Å². The first-order valence-electron chi connectivity index (χ1n) is 6.11. The summed E-state index contributed by atoms with van der Waals surface area (Å²) in [5.41, 5.74) is 0. The van der Waals surface area contributed by atoms with Crippen molar-refractivity contribution in [3.05, 3.63) is 11.8 Å². The quantitative estimate of drug-likeness (QED) is 0.566. The fourth-order valence-electron chi connectivity index (χ4n) is 2.41. The van der Waals surface area contributed by atoms with Gasteiger partial charge in [-0.1, -0.05) is 25.7 Å². The maximum atomic E-state index is 8.76. The van der Waals surface area contributed by atoms with Crippen molar-refractivity contribution >= 4 is 7.12 Å². The fourth-order valence-corrected chi connectivity index (χ4v) is 2.41. The van der Waals surface area contributed by atoms with Crippen LogP contribution in [0.2, 0.25) is 5.82 Å². The summed E-state index contributed by atoms with van der Waals surface area (Å²) in [5, 5.41) is 17.5. The molecular weight excluding hydrogens is 243 g/mol. The molecule has 0 aliphatic heterocycles. The Labute approximate surface area is 111 Å². The minimum atomic E-state index is -1.12. The van der Waals surface area contributed by atoms with Crippen LogP contribution in [0.15, 0.2) is 0 Å². The Morgan fingerprint density at radius 2 is 1.56 bits per heavy atom. The van der Waals surface area contributed by atoms with Crippen LogP contribution in [0.5, 0.6) is 0 Å². The first-order valence-corrected chi connectivity index (χ1v) is 6.11. The standard InChI is InChI=1S/C6H12BO2.C6H11.Fe/c1-5-3-2-4-6(5)7(8)9;1-6-4-2-3-5-6;/h6,8-9H,2-4H2,1H3;2-5H2,1H3;/q2*-1;+2. The molecule has 0 aromatic carbocycles. The monoisotopic (exact) mass is 266 g/mol. The van der Waals surface area contributed by atoms with Gasteiger partial charge in [-0.05, 0) is 0 Å². The predicted octanol–water partition coefficient (Wildman–Crippen LogP) is 2.76. The number of hydrogen-bond acceptors (Lipinski definition) is 2. The third-order valence-corrected chi connectivity index (χ3v) is 3.54. The maximum Gasteiger partial charge on any atom is 2.00 e. The van der Waals surface area contributed by atoms with Gasteiger partial charge in [-0.15, -0.1) is 5.82 Å². The van der Waals surface area contributed by atoms with E-state index in [1.807, 2.05) is 6.92 Å². The molecule has 2 saturated carbocycles. The molecule has 2 rings (SSSR count). The Bertz CT molecular complexity index is 172. The summed E-state index contributed by atoms with van der Waals surface area (Å²) in [6, 6.07) is 0. The van der Waals surface area contributed by atoms with E-state index in [0.29, 0.717) is 0 Å². The molecule has 94 valence electrons. The van der Waals surface area contributed by atoms with Crippen molar-refractivity contribution in [1.82, 2.24) is 0 Å². The number of hydrogen-bond donors (Lipinski definition) is 2. The zero-order valence-corrected chi connectivity index (χ0v) is 11.5. The molecule has 2 aliphatic rings. The Kier molecular flexibility index (Phi) is 8.84. The Morgan fingerprint density at radius 3 is 1.75 bits per heavy atom. The third-order valence-electron chi connectivity index (χ3n) is 3.54. The van der Waals surface area contributed by atoms with Crippen LogP contribution in [0, 0.1) is 11.8 Å². The Balaban J connectivity index is 0.000000283. The van der Waals surface area contributed by atoms with Crippen LogP contribution in [-0.4, -0.2) is 17.2 Å². The van der Waals surface area contributed by atoms with Gasteiger partial charge in [0.15, 0.2) is 0 Å². The van der Waals surface area contributed by atoms with Crippen LogP contribution in [0.25, 0.3) is 0 Å². The zero-order valence-electron chi connectivity index (χ0n) is 10.4. The molecule has 0 bridgehead atoms. The molecule has 2 fully saturated rings. The van der Waals surface area contributed by atoms with E-state index >= 15 is 0 Å². The van der Waals surface area contributed by atoms with Crippen molar-refractivity contribution in [1.29, 1.82) is 0 Å². The predicted molar refractivity (Wildman–Crippen MR) is 64.1 cm³/mol. The molecule has 0 radical (unpaired) electrons.